The van der Waals surface area contributed by atoms with Crippen LogP contribution in [0.15, 0.2) is 46.2 Å². The molecule has 0 bridgehead atoms. The van der Waals surface area contributed by atoms with Gasteiger partial charge in [-0.05, 0) is 23.8 Å². The number of thiazole rings is 1. The molecule has 0 saturated heterocycles. The van der Waals surface area contributed by atoms with Crippen molar-refractivity contribution in [2.45, 2.75) is 19.9 Å². The third-order valence-corrected chi connectivity index (χ3v) is 4.24. The summed E-state index contributed by atoms with van der Waals surface area (Å²) in [5.74, 6) is 0.243. The average Bonchev–Trinajstić information content (AvgIpc) is 3.24. The average molecular weight is 373 g/mol. The van der Waals surface area contributed by atoms with Gasteiger partial charge >= 0.3 is 0 Å². The highest BCUT2D eigenvalue weighted by Gasteiger charge is 2.13. The molecule has 2 heterocycles. The molecular formula is C18H16FN3O3S. The van der Waals surface area contributed by atoms with Crippen molar-refractivity contribution in [1.29, 1.82) is 0 Å². The highest BCUT2D eigenvalue weighted by molar-refractivity contribution is 7.14. The zero-order valence-electron chi connectivity index (χ0n) is 13.9. The van der Waals surface area contributed by atoms with E-state index in [1.54, 1.807) is 35.7 Å². The molecule has 0 unspecified atom stereocenters. The van der Waals surface area contributed by atoms with Gasteiger partial charge in [0.25, 0.3) is 0 Å². The zero-order chi connectivity index (χ0) is 18.5. The van der Waals surface area contributed by atoms with Gasteiger partial charge in [0.1, 0.15) is 17.3 Å². The van der Waals surface area contributed by atoms with E-state index >= 15 is 0 Å². The first-order chi connectivity index (χ1) is 12.5. The van der Waals surface area contributed by atoms with Gasteiger partial charge in [-0.25, -0.2) is 9.37 Å². The van der Waals surface area contributed by atoms with Gasteiger partial charge in [-0.1, -0.05) is 18.2 Å². The monoisotopic (exact) mass is 373 g/mol. The SMILES string of the molecule is CC(=O)NCc1ccc(-c2csc(NC(=O)Cc3ccccc3F)n2)o1. The van der Waals surface area contributed by atoms with Crippen LogP contribution in [0.1, 0.15) is 18.2 Å². The third-order valence-electron chi connectivity index (χ3n) is 3.49. The molecule has 1 aromatic carbocycles. The van der Waals surface area contributed by atoms with Gasteiger partial charge in [0, 0.05) is 12.3 Å². The van der Waals surface area contributed by atoms with Crippen LogP contribution in [-0.4, -0.2) is 16.8 Å². The quantitative estimate of drug-likeness (QED) is 0.694. The standard InChI is InChI=1S/C18H16FN3O3S/c1-11(23)20-9-13-6-7-16(25-13)15-10-26-18(21-15)22-17(24)8-12-4-2-3-5-14(12)19/h2-7,10H,8-9H2,1H3,(H,20,23)(H,21,22,24). The van der Waals surface area contributed by atoms with Crippen molar-refractivity contribution in [3.63, 3.8) is 0 Å². The molecule has 134 valence electrons. The van der Waals surface area contributed by atoms with Crippen molar-refractivity contribution < 1.29 is 18.4 Å². The van der Waals surface area contributed by atoms with Gasteiger partial charge < -0.3 is 15.1 Å². The van der Waals surface area contributed by atoms with Gasteiger partial charge in [-0.15, -0.1) is 11.3 Å². The molecule has 2 aromatic heterocycles. The second kappa shape index (κ2) is 7.92. The number of benzene rings is 1. The lowest BCUT2D eigenvalue weighted by molar-refractivity contribution is -0.119. The molecule has 0 radical (unpaired) electrons. The maximum Gasteiger partial charge on any atom is 0.230 e. The molecule has 2 N–H and O–H groups in total. The second-order valence-corrected chi connectivity index (χ2v) is 6.39. The predicted molar refractivity (Wildman–Crippen MR) is 96.1 cm³/mol. The van der Waals surface area contributed by atoms with Gasteiger partial charge in [-0.2, -0.15) is 0 Å². The number of rotatable bonds is 6. The molecule has 2 amide bonds. The van der Waals surface area contributed by atoms with Gasteiger partial charge in [0.2, 0.25) is 11.8 Å². The number of anilines is 1. The van der Waals surface area contributed by atoms with E-state index in [0.29, 0.717) is 34.5 Å². The van der Waals surface area contributed by atoms with E-state index in [0.717, 1.165) is 0 Å². The number of carbonyl (C=O) groups excluding carboxylic acids is 2. The van der Waals surface area contributed by atoms with Gasteiger partial charge in [0.05, 0.1) is 13.0 Å². The summed E-state index contributed by atoms with van der Waals surface area (Å²) in [5, 5.41) is 7.46. The minimum absolute atomic E-state index is 0.0663. The van der Waals surface area contributed by atoms with E-state index in [4.69, 9.17) is 4.42 Å². The summed E-state index contributed by atoms with van der Waals surface area (Å²) >= 11 is 1.25. The largest absolute Gasteiger partial charge is 0.458 e. The summed E-state index contributed by atoms with van der Waals surface area (Å²) in [6.07, 6.45) is -0.0663. The minimum Gasteiger partial charge on any atom is -0.458 e. The highest BCUT2D eigenvalue weighted by atomic mass is 32.1. The number of aromatic nitrogens is 1. The lowest BCUT2D eigenvalue weighted by atomic mass is 10.1. The summed E-state index contributed by atoms with van der Waals surface area (Å²) in [6.45, 7) is 1.73. The number of hydrogen-bond donors (Lipinski definition) is 2. The van der Waals surface area contributed by atoms with Crippen molar-refractivity contribution in [1.82, 2.24) is 10.3 Å². The summed E-state index contributed by atoms with van der Waals surface area (Å²) in [4.78, 5) is 27.3. The van der Waals surface area contributed by atoms with E-state index in [9.17, 15) is 14.0 Å². The van der Waals surface area contributed by atoms with Crippen LogP contribution in [-0.2, 0) is 22.6 Å². The van der Waals surface area contributed by atoms with E-state index in [1.807, 2.05) is 0 Å². The maximum atomic E-state index is 13.6. The molecule has 0 saturated carbocycles. The first-order valence-electron chi connectivity index (χ1n) is 7.83. The zero-order valence-corrected chi connectivity index (χ0v) is 14.7. The van der Waals surface area contributed by atoms with Crippen LogP contribution in [0.4, 0.5) is 9.52 Å². The summed E-state index contributed by atoms with van der Waals surface area (Å²) in [6, 6.07) is 9.65. The number of carbonyl (C=O) groups is 2. The Labute approximate surface area is 153 Å². The Bertz CT molecular complexity index is 935. The molecule has 6 nitrogen and oxygen atoms in total. The minimum atomic E-state index is -0.412. The molecule has 0 atom stereocenters. The Morgan fingerprint density at radius 2 is 2.04 bits per heavy atom. The van der Waals surface area contributed by atoms with Crippen LogP contribution in [0.2, 0.25) is 0 Å². The van der Waals surface area contributed by atoms with Crippen molar-refractivity contribution in [3.05, 3.63) is 58.9 Å². The normalized spacial score (nSPS) is 10.5. The van der Waals surface area contributed by atoms with Crippen LogP contribution < -0.4 is 10.6 Å². The highest BCUT2D eigenvalue weighted by Crippen LogP contribution is 2.26. The van der Waals surface area contributed by atoms with Crippen molar-refractivity contribution in [3.8, 4) is 11.5 Å². The number of hydrogen-bond acceptors (Lipinski definition) is 5. The number of nitrogens with zero attached hydrogens (tertiary/aromatic N) is 1. The summed E-state index contributed by atoms with van der Waals surface area (Å²) in [5.41, 5.74) is 0.903. The lowest BCUT2D eigenvalue weighted by Gasteiger charge is -2.03. The van der Waals surface area contributed by atoms with E-state index in [-0.39, 0.29) is 18.2 Å². The Balaban J connectivity index is 1.62. The summed E-state index contributed by atoms with van der Waals surface area (Å²) < 4.78 is 19.2. The lowest BCUT2D eigenvalue weighted by Crippen LogP contribution is -2.18. The van der Waals surface area contributed by atoms with Gasteiger partial charge in [-0.3, -0.25) is 9.59 Å². The molecule has 3 rings (SSSR count). The molecule has 0 spiro atoms. The molecule has 0 aliphatic rings. The first kappa shape index (κ1) is 17.8. The van der Waals surface area contributed by atoms with Crippen molar-refractivity contribution in [2.24, 2.45) is 0 Å². The molecule has 26 heavy (non-hydrogen) atoms. The Kier molecular flexibility index (Phi) is 5.43. The molecule has 0 aliphatic heterocycles. The van der Waals surface area contributed by atoms with Crippen molar-refractivity contribution in [2.75, 3.05) is 5.32 Å². The van der Waals surface area contributed by atoms with Crippen LogP contribution in [0.25, 0.3) is 11.5 Å². The Hall–Kier alpha value is -3.00. The number of amides is 2. The van der Waals surface area contributed by atoms with Crippen LogP contribution in [0.5, 0.6) is 0 Å². The topological polar surface area (TPSA) is 84.2 Å². The number of halogens is 1. The van der Waals surface area contributed by atoms with Gasteiger partial charge in [0.15, 0.2) is 10.9 Å². The fraction of sp³-hybridized carbons (Fsp3) is 0.167. The second-order valence-electron chi connectivity index (χ2n) is 5.53. The third kappa shape index (κ3) is 4.54. The smallest absolute Gasteiger partial charge is 0.230 e. The number of nitrogens with one attached hydrogen (secondary N) is 2. The van der Waals surface area contributed by atoms with Crippen molar-refractivity contribution >= 4 is 28.3 Å². The maximum absolute atomic E-state index is 13.6. The van der Waals surface area contributed by atoms with E-state index in [1.165, 1.54) is 24.3 Å². The molecule has 0 fully saturated rings. The van der Waals surface area contributed by atoms with Crippen LogP contribution in [0, 0.1) is 5.82 Å². The fourth-order valence-corrected chi connectivity index (χ4v) is 2.96. The van der Waals surface area contributed by atoms with E-state index in [2.05, 4.69) is 15.6 Å². The van der Waals surface area contributed by atoms with E-state index < -0.39 is 5.82 Å². The van der Waals surface area contributed by atoms with Crippen LogP contribution in [0.3, 0.4) is 0 Å². The molecular weight excluding hydrogens is 357 g/mol. The number of furan rings is 1. The first-order valence-corrected chi connectivity index (χ1v) is 8.71. The molecule has 3 aromatic rings. The summed E-state index contributed by atoms with van der Waals surface area (Å²) in [7, 11) is 0. The molecule has 8 heteroatoms. The molecule has 0 aliphatic carbocycles. The van der Waals surface area contributed by atoms with Crippen LogP contribution >= 0.6 is 11.3 Å². The fourth-order valence-electron chi connectivity index (χ4n) is 2.24. The Morgan fingerprint density at radius 1 is 1.23 bits per heavy atom. The Morgan fingerprint density at radius 3 is 2.81 bits per heavy atom. The predicted octanol–water partition coefficient (Wildman–Crippen LogP) is 3.36.